The van der Waals surface area contributed by atoms with Gasteiger partial charge in [-0.2, -0.15) is 5.10 Å². The molecule has 3 nitrogen and oxygen atoms in total. The van der Waals surface area contributed by atoms with Crippen molar-refractivity contribution in [1.29, 1.82) is 0 Å². The number of carbonyl (C=O) groups is 1. The van der Waals surface area contributed by atoms with E-state index in [4.69, 9.17) is 0 Å². The van der Waals surface area contributed by atoms with Crippen molar-refractivity contribution in [1.82, 2.24) is 5.43 Å². The predicted octanol–water partition coefficient (Wildman–Crippen LogP) is 4.65. The lowest BCUT2D eigenvalue weighted by Crippen LogP contribution is -2.16. The average molecular weight is 294 g/mol. The van der Waals surface area contributed by atoms with Crippen LogP contribution in [0.4, 0.5) is 0 Å². The lowest BCUT2D eigenvalue weighted by molar-refractivity contribution is -0.121. The number of nitrogens with zero attached hydrogens (tertiary/aromatic N) is 1. The van der Waals surface area contributed by atoms with Gasteiger partial charge in [0, 0.05) is 11.3 Å². The summed E-state index contributed by atoms with van der Waals surface area (Å²) >= 11 is 1.63. The van der Waals surface area contributed by atoms with Crippen molar-refractivity contribution in [2.45, 2.75) is 65.2 Å². The molecule has 0 saturated carbocycles. The van der Waals surface area contributed by atoms with Gasteiger partial charge >= 0.3 is 0 Å². The average Bonchev–Trinajstić information content (AvgIpc) is 2.83. The van der Waals surface area contributed by atoms with E-state index in [0.717, 1.165) is 17.7 Å². The number of thiophene rings is 1. The van der Waals surface area contributed by atoms with Gasteiger partial charge in [-0.1, -0.05) is 45.4 Å². The van der Waals surface area contributed by atoms with Crippen LogP contribution in [0.25, 0.3) is 0 Å². The van der Waals surface area contributed by atoms with E-state index in [9.17, 15) is 4.79 Å². The van der Waals surface area contributed by atoms with Gasteiger partial charge in [-0.15, -0.1) is 11.3 Å². The van der Waals surface area contributed by atoms with E-state index in [2.05, 4.69) is 17.5 Å². The zero-order valence-corrected chi connectivity index (χ0v) is 13.5. The minimum absolute atomic E-state index is 0.0176. The largest absolute Gasteiger partial charge is 0.273 e. The summed E-state index contributed by atoms with van der Waals surface area (Å²) in [6.07, 6.45) is 10.9. The molecule has 0 aliphatic heterocycles. The van der Waals surface area contributed by atoms with Crippen LogP contribution in [0, 0.1) is 6.92 Å². The maximum atomic E-state index is 11.6. The van der Waals surface area contributed by atoms with Gasteiger partial charge in [0.05, 0.1) is 6.21 Å². The molecule has 4 heteroatoms. The smallest absolute Gasteiger partial charge is 0.240 e. The third kappa shape index (κ3) is 7.43. The summed E-state index contributed by atoms with van der Waals surface area (Å²) in [7, 11) is 0. The Kier molecular flexibility index (Phi) is 8.96. The number of carbonyl (C=O) groups excluding carboxylic acids is 1. The van der Waals surface area contributed by atoms with Crippen LogP contribution in [0.3, 0.4) is 0 Å². The molecule has 20 heavy (non-hydrogen) atoms. The number of rotatable bonds is 10. The first-order chi connectivity index (χ1) is 9.74. The van der Waals surface area contributed by atoms with E-state index in [0.29, 0.717) is 6.42 Å². The Balaban J connectivity index is 2.03. The van der Waals surface area contributed by atoms with Crippen molar-refractivity contribution in [3.8, 4) is 0 Å². The first-order valence-corrected chi connectivity index (χ1v) is 8.48. The molecule has 0 spiro atoms. The molecule has 0 saturated heterocycles. The Hall–Kier alpha value is -1.16. The van der Waals surface area contributed by atoms with Gasteiger partial charge < -0.3 is 0 Å². The van der Waals surface area contributed by atoms with E-state index in [1.54, 1.807) is 17.6 Å². The molecule has 0 aliphatic carbocycles. The maximum absolute atomic E-state index is 11.6. The SMILES string of the molecule is CCCCCCCCCC(=O)NN=Cc1sccc1C. The molecule has 1 rings (SSSR count). The first-order valence-electron chi connectivity index (χ1n) is 7.60. The van der Waals surface area contributed by atoms with Crippen molar-refractivity contribution in [2.24, 2.45) is 5.10 Å². The third-order valence-corrected chi connectivity index (χ3v) is 4.23. The van der Waals surface area contributed by atoms with Crippen molar-refractivity contribution in [3.05, 3.63) is 21.9 Å². The van der Waals surface area contributed by atoms with Crippen LogP contribution in [0.15, 0.2) is 16.5 Å². The summed E-state index contributed by atoms with van der Waals surface area (Å²) < 4.78 is 0. The minimum atomic E-state index is 0.0176. The lowest BCUT2D eigenvalue weighted by atomic mass is 10.1. The highest BCUT2D eigenvalue weighted by molar-refractivity contribution is 7.11. The predicted molar refractivity (Wildman–Crippen MR) is 87.4 cm³/mol. The number of aryl methyl sites for hydroxylation is 1. The van der Waals surface area contributed by atoms with Gasteiger partial charge in [0.2, 0.25) is 5.91 Å². The number of hydrogen-bond donors (Lipinski definition) is 1. The van der Waals surface area contributed by atoms with Gasteiger partial charge in [0.1, 0.15) is 0 Å². The molecule has 1 amide bonds. The Labute approximate surface area is 126 Å². The topological polar surface area (TPSA) is 41.5 Å². The molecule has 1 aromatic rings. The highest BCUT2D eigenvalue weighted by atomic mass is 32.1. The number of unbranched alkanes of at least 4 members (excludes halogenated alkanes) is 6. The Morgan fingerprint density at radius 2 is 1.95 bits per heavy atom. The van der Waals surface area contributed by atoms with E-state index in [-0.39, 0.29) is 5.91 Å². The Bertz CT molecular complexity index is 412. The van der Waals surface area contributed by atoms with E-state index in [1.165, 1.54) is 37.7 Å². The summed E-state index contributed by atoms with van der Waals surface area (Å²) in [5.74, 6) is 0.0176. The van der Waals surface area contributed by atoms with Gasteiger partial charge in [-0.3, -0.25) is 4.79 Å². The first kappa shape index (κ1) is 16.9. The summed E-state index contributed by atoms with van der Waals surface area (Å²) in [5.41, 5.74) is 3.79. The highest BCUT2D eigenvalue weighted by Gasteiger charge is 2.00. The number of hydrogen-bond acceptors (Lipinski definition) is 3. The molecule has 1 heterocycles. The molecule has 1 aromatic heterocycles. The molecule has 0 aromatic carbocycles. The molecule has 1 N–H and O–H groups in total. The molecule has 0 fully saturated rings. The second-order valence-electron chi connectivity index (χ2n) is 5.13. The number of amides is 1. The van der Waals surface area contributed by atoms with Crippen molar-refractivity contribution in [3.63, 3.8) is 0 Å². The van der Waals surface area contributed by atoms with Crippen LogP contribution in [0.1, 0.15) is 68.7 Å². The van der Waals surface area contributed by atoms with E-state index < -0.39 is 0 Å². The molecule has 112 valence electrons. The molecule has 0 aliphatic rings. The van der Waals surface area contributed by atoms with Gasteiger partial charge in [0.15, 0.2) is 0 Å². The monoisotopic (exact) mass is 294 g/mol. The van der Waals surface area contributed by atoms with Crippen LogP contribution >= 0.6 is 11.3 Å². The molecular weight excluding hydrogens is 268 g/mol. The summed E-state index contributed by atoms with van der Waals surface area (Å²) in [4.78, 5) is 12.7. The Morgan fingerprint density at radius 1 is 1.25 bits per heavy atom. The zero-order valence-electron chi connectivity index (χ0n) is 12.7. The molecule has 0 unspecified atom stereocenters. The van der Waals surface area contributed by atoms with Gasteiger partial charge in [0.25, 0.3) is 0 Å². The van der Waals surface area contributed by atoms with Gasteiger partial charge in [-0.05, 0) is 30.4 Å². The second kappa shape index (κ2) is 10.6. The molecule has 0 bridgehead atoms. The maximum Gasteiger partial charge on any atom is 0.240 e. The van der Waals surface area contributed by atoms with Crippen LogP contribution in [-0.2, 0) is 4.79 Å². The standard InChI is InChI=1S/C16H26N2OS/c1-3-4-5-6-7-8-9-10-16(19)18-17-13-15-14(2)11-12-20-15/h11-13H,3-10H2,1-2H3,(H,18,19). The normalized spacial score (nSPS) is 11.1. The van der Waals surface area contributed by atoms with E-state index >= 15 is 0 Å². The molecule has 0 radical (unpaired) electrons. The number of hydrazone groups is 1. The quantitative estimate of drug-likeness (QED) is 0.381. The fourth-order valence-corrected chi connectivity index (χ4v) is 2.76. The molecule has 0 atom stereocenters. The van der Waals surface area contributed by atoms with Crippen LogP contribution in [-0.4, -0.2) is 12.1 Å². The second-order valence-corrected chi connectivity index (χ2v) is 6.08. The third-order valence-electron chi connectivity index (χ3n) is 3.28. The summed E-state index contributed by atoms with van der Waals surface area (Å²) in [6.45, 7) is 4.26. The van der Waals surface area contributed by atoms with Crippen LogP contribution < -0.4 is 5.43 Å². The lowest BCUT2D eigenvalue weighted by Gasteiger charge is -2.01. The zero-order chi connectivity index (χ0) is 14.6. The fourth-order valence-electron chi connectivity index (χ4n) is 1.98. The summed E-state index contributed by atoms with van der Waals surface area (Å²) in [5, 5.41) is 6.02. The van der Waals surface area contributed by atoms with Crippen LogP contribution in [0.2, 0.25) is 0 Å². The van der Waals surface area contributed by atoms with E-state index in [1.807, 2.05) is 18.4 Å². The molecular formula is C16H26N2OS. The van der Waals surface area contributed by atoms with Crippen molar-refractivity contribution in [2.75, 3.05) is 0 Å². The highest BCUT2D eigenvalue weighted by Crippen LogP contribution is 2.12. The number of nitrogens with one attached hydrogen (secondary N) is 1. The minimum Gasteiger partial charge on any atom is -0.273 e. The van der Waals surface area contributed by atoms with Gasteiger partial charge in [-0.25, -0.2) is 5.43 Å². The van der Waals surface area contributed by atoms with Crippen molar-refractivity contribution < 1.29 is 4.79 Å². The van der Waals surface area contributed by atoms with Crippen LogP contribution in [0.5, 0.6) is 0 Å². The summed E-state index contributed by atoms with van der Waals surface area (Å²) in [6, 6.07) is 2.05. The Morgan fingerprint density at radius 3 is 2.60 bits per heavy atom. The fraction of sp³-hybridized carbons (Fsp3) is 0.625. The van der Waals surface area contributed by atoms with Crippen molar-refractivity contribution >= 4 is 23.5 Å².